The van der Waals surface area contributed by atoms with Gasteiger partial charge in [0.25, 0.3) is 0 Å². The van der Waals surface area contributed by atoms with Gasteiger partial charge in [-0.15, -0.1) is 0 Å². The van der Waals surface area contributed by atoms with E-state index in [9.17, 15) is 0 Å². The fraction of sp³-hybridized carbons (Fsp3) is 0. The second-order valence-corrected chi connectivity index (χ2v) is 4.08. The second-order valence-electron chi connectivity index (χ2n) is 3.29. The predicted molar refractivity (Wildman–Crippen MR) is 52.7 cm³/mol. The van der Waals surface area contributed by atoms with Crippen LogP contribution in [0.5, 0.6) is 0 Å². The third kappa shape index (κ3) is 3.13. The number of aromatic nitrogens is 3. The minimum atomic E-state index is -4.69. The maximum Gasteiger partial charge on any atom is 0.234 e. The Morgan fingerprint density at radius 2 is 1.78 bits per heavy atom. The van der Waals surface area contributed by atoms with Crippen LogP contribution < -0.4 is 14.0 Å². The van der Waals surface area contributed by atoms with Gasteiger partial charge in [0, 0.05) is 12.4 Å². The van der Waals surface area contributed by atoms with Crippen LogP contribution >= 0.6 is 0 Å². The zero-order chi connectivity index (χ0) is 13.2. The molecule has 0 radical (unpaired) electrons. The largest absolute Gasteiger partial charge is 0.284 e. The van der Waals surface area contributed by atoms with E-state index in [0.717, 1.165) is 16.8 Å². The molecule has 0 unspecified atom stereocenters. The summed E-state index contributed by atoms with van der Waals surface area (Å²) < 4.78 is 34.7. The maximum absolute atomic E-state index is 8.60. The van der Waals surface area contributed by atoms with E-state index < -0.39 is 10.2 Å². The smallest absolute Gasteiger partial charge is 0.234 e. The van der Waals surface area contributed by atoms with Crippen LogP contribution in [0.3, 0.4) is 0 Å². The normalized spacial score (nSPS) is 11.3. The fourth-order valence-corrected chi connectivity index (χ4v) is 1.50. The van der Waals surface area contributed by atoms with Crippen molar-refractivity contribution < 1.29 is 28.9 Å². The van der Waals surface area contributed by atoms with Crippen LogP contribution in [0.15, 0.2) is 42.7 Å². The standard InChI is InChI=1S/C10H7N3.ClHO4/c1-2-5-9-8(4-1)12-10-11-6-3-7-13(9)10;2-1(3,4)5/h1-7H;(H,2,3,4,5). The summed E-state index contributed by atoms with van der Waals surface area (Å²) in [6, 6.07) is 9.92. The first-order valence-electron chi connectivity index (χ1n) is 4.76. The predicted octanol–water partition coefficient (Wildman–Crippen LogP) is -2.24. The lowest BCUT2D eigenvalue weighted by Gasteiger charge is -2.03. The SMILES string of the molecule is [O-][Cl+3]([O-])([O-])O.c1ccc2c(c1)nc1ncccn12. The molecule has 0 amide bonds. The minimum Gasteiger partial charge on any atom is -0.284 e. The molecule has 0 bridgehead atoms. The first-order chi connectivity index (χ1) is 8.45. The number of para-hydroxylation sites is 2. The molecule has 0 atom stereocenters. The Morgan fingerprint density at radius 3 is 2.50 bits per heavy atom. The Morgan fingerprint density at radius 1 is 1.11 bits per heavy atom. The average molecular weight is 270 g/mol. The molecule has 0 aliphatic carbocycles. The molecule has 94 valence electrons. The van der Waals surface area contributed by atoms with E-state index in [1.54, 1.807) is 6.20 Å². The van der Waals surface area contributed by atoms with E-state index >= 15 is 0 Å². The van der Waals surface area contributed by atoms with Crippen LogP contribution in [-0.2, 0) is 0 Å². The second kappa shape index (κ2) is 4.84. The number of hydrogen-bond donors (Lipinski definition) is 1. The summed E-state index contributed by atoms with van der Waals surface area (Å²) in [6.07, 6.45) is 3.72. The molecule has 3 aromatic rings. The highest BCUT2D eigenvalue weighted by Gasteiger charge is 2.01. The van der Waals surface area contributed by atoms with Crippen molar-refractivity contribution in [2.45, 2.75) is 0 Å². The highest BCUT2D eigenvalue weighted by molar-refractivity contribution is 5.79. The third-order valence-electron chi connectivity index (χ3n) is 2.09. The summed E-state index contributed by atoms with van der Waals surface area (Å²) in [5, 5.41) is 0. The summed E-state index contributed by atoms with van der Waals surface area (Å²) in [6.45, 7) is 0. The molecule has 0 spiro atoms. The van der Waals surface area contributed by atoms with Crippen molar-refractivity contribution >= 4 is 16.8 Å². The van der Waals surface area contributed by atoms with E-state index in [1.807, 2.05) is 40.9 Å². The lowest BCUT2D eigenvalue weighted by molar-refractivity contribution is -1.92. The van der Waals surface area contributed by atoms with Crippen LogP contribution in [0.4, 0.5) is 0 Å². The monoisotopic (exact) mass is 269 g/mol. The summed E-state index contributed by atoms with van der Waals surface area (Å²) in [5.41, 5.74) is 2.09. The van der Waals surface area contributed by atoms with E-state index in [1.165, 1.54) is 0 Å². The van der Waals surface area contributed by atoms with Gasteiger partial charge in [0.05, 0.1) is 25.9 Å². The first kappa shape index (κ1) is 12.7. The van der Waals surface area contributed by atoms with Gasteiger partial charge in [0.2, 0.25) is 5.78 Å². The lowest BCUT2D eigenvalue weighted by Crippen LogP contribution is -2.58. The molecule has 2 heterocycles. The molecule has 0 saturated carbocycles. The highest BCUT2D eigenvalue weighted by atomic mass is 35.7. The van der Waals surface area contributed by atoms with Crippen molar-refractivity contribution in [3.63, 3.8) is 0 Å². The van der Waals surface area contributed by atoms with Gasteiger partial charge in [-0.1, -0.05) is 12.1 Å². The number of imidazole rings is 1. The Bertz CT molecular complexity index is 608. The Labute approximate surface area is 103 Å². The number of fused-ring (bicyclic) bond motifs is 3. The van der Waals surface area contributed by atoms with Crippen molar-refractivity contribution in [3.8, 4) is 0 Å². The van der Waals surface area contributed by atoms with Crippen molar-refractivity contribution in [1.82, 2.24) is 14.4 Å². The van der Waals surface area contributed by atoms with Crippen molar-refractivity contribution in [1.29, 1.82) is 0 Å². The van der Waals surface area contributed by atoms with Crippen molar-refractivity contribution in [2.24, 2.45) is 0 Å². The summed E-state index contributed by atoms with van der Waals surface area (Å²) in [5.74, 6) is 0.753. The molecular weight excluding hydrogens is 262 g/mol. The lowest BCUT2D eigenvalue weighted by atomic mass is 10.3. The molecule has 8 heteroatoms. The molecule has 18 heavy (non-hydrogen) atoms. The molecular formula is C10H8ClN3O4. The van der Waals surface area contributed by atoms with Gasteiger partial charge in [-0.2, -0.15) is 14.0 Å². The quantitative estimate of drug-likeness (QED) is 0.493. The van der Waals surface area contributed by atoms with E-state index in [0.29, 0.717) is 0 Å². The van der Waals surface area contributed by atoms with Crippen molar-refractivity contribution in [3.05, 3.63) is 42.7 Å². The van der Waals surface area contributed by atoms with Crippen LogP contribution in [0.2, 0.25) is 0 Å². The molecule has 7 nitrogen and oxygen atoms in total. The fourth-order valence-electron chi connectivity index (χ4n) is 1.50. The molecule has 1 N–H and O–H groups in total. The Kier molecular flexibility index (Phi) is 3.41. The molecule has 2 aromatic heterocycles. The Balaban J connectivity index is 0.000000209. The van der Waals surface area contributed by atoms with Crippen molar-refractivity contribution in [2.75, 3.05) is 0 Å². The maximum atomic E-state index is 8.60. The van der Waals surface area contributed by atoms with E-state index in [-0.39, 0.29) is 0 Å². The highest BCUT2D eigenvalue weighted by Crippen LogP contribution is 2.13. The molecule has 0 aliphatic heterocycles. The summed E-state index contributed by atoms with van der Waals surface area (Å²) in [7, 11) is -4.69. The number of benzene rings is 1. The van der Waals surface area contributed by atoms with Crippen LogP contribution in [0, 0.1) is 10.2 Å². The Hall–Kier alpha value is -1.77. The minimum absolute atomic E-state index is 0.753. The van der Waals surface area contributed by atoms with E-state index in [4.69, 9.17) is 18.6 Å². The number of hydrogen-bond acceptors (Lipinski definition) is 6. The molecule has 0 saturated heterocycles. The van der Waals surface area contributed by atoms with Gasteiger partial charge in [0.1, 0.15) is 0 Å². The molecule has 3 rings (SSSR count). The number of halogens is 1. The van der Waals surface area contributed by atoms with Gasteiger partial charge in [-0.25, -0.2) is 9.97 Å². The van der Waals surface area contributed by atoms with Gasteiger partial charge in [-0.05, 0) is 18.2 Å². The number of nitrogens with zero attached hydrogens (tertiary/aromatic N) is 3. The van der Waals surface area contributed by atoms with Crippen LogP contribution in [0.25, 0.3) is 16.8 Å². The van der Waals surface area contributed by atoms with Gasteiger partial charge >= 0.3 is 0 Å². The summed E-state index contributed by atoms with van der Waals surface area (Å²) >= 11 is 0. The zero-order valence-corrected chi connectivity index (χ0v) is 9.69. The third-order valence-corrected chi connectivity index (χ3v) is 2.09. The first-order valence-corrected chi connectivity index (χ1v) is 6.02. The van der Waals surface area contributed by atoms with Gasteiger partial charge in [-0.3, -0.25) is 4.40 Å². The van der Waals surface area contributed by atoms with Crippen LogP contribution in [-0.4, -0.2) is 19.0 Å². The number of rotatable bonds is 0. The molecule has 1 aromatic carbocycles. The average Bonchev–Trinajstić information content (AvgIpc) is 2.65. The molecule has 0 aliphatic rings. The van der Waals surface area contributed by atoms with Gasteiger partial charge in [0.15, 0.2) is 0 Å². The van der Waals surface area contributed by atoms with E-state index in [2.05, 4.69) is 9.97 Å². The zero-order valence-electron chi connectivity index (χ0n) is 8.93. The topological polar surface area (TPSA) is 120 Å². The van der Waals surface area contributed by atoms with Crippen LogP contribution in [0.1, 0.15) is 0 Å². The summed E-state index contributed by atoms with van der Waals surface area (Å²) in [4.78, 5) is 8.54. The molecule has 0 fully saturated rings. The van der Waals surface area contributed by atoms with Gasteiger partial charge < -0.3 is 0 Å².